The van der Waals surface area contributed by atoms with Gasteiger partial charge >= 0.3 is 0 Å². The van der Waals surface area contributed by atoms with Crippen LogP contribution in [0, 0.1) is 0 Å². The van der Waals surface area contributed by atoms with Crippen LogP contribution in [0.2, 0.25) is 0 Å². The number of rotatable bonds is 0. The lowest BCUT2D eigenvalue weighted by Gasteiger charge is -1.81. The van der Waals surface area contributed by atoms with E-state index in [1.54, 1.807) is 0 Å². The molecular formula is C6H8N4O. The van der Waals surface area contributed by atoms with Gasteiger partial charge in [-0.1, -0.05) is 7.43 Å². The molecule has 0 aliphatic heterocycles. The molecule has 2 aromatic rings. The lowest BCUT2D eigenvalue weighted by atomic mass is 10.6. The summed E-state index contributed by atoms with van der Waals surface area (Å²) in [5.74, 6) is 0. The second-order valence-electron chi connectivity index (χ2n) is 1.83. The number of nitrogens with zero attached hydrogens (tertiary/aromatic N) is 2. The Labute approximate surface area is 62.5 Å². The molecule has 0 aliphatic rings. The normalized spacial score (nSPS) is 9.45. The van der Waals surface area contributed by atoms with Crippen molar-refractivity contribution in [3.8, 4) is 0 Å². The quantitative estimate of drug-likeness (QED) is 0.569. The van der Waals surface area contributed by atoms with Crippen molar-refractivity contribution in [1.29, 1.82) is 0 Å². The standard InChI is InChI=1S/C5H4N4O.CH4/c10-5-3-4(7-1-6-3)8-2-9-5;/h1-2H,(H2,6,7,8,9,10);1H4. The molecule has 0 fully saturated rings. The number of aromatic amines is 2. The molecule has 0 radical (unpaired) electrons. The number of fused-ring (bicyclic) bond motifs is 1. The Morgan fingerprint density at radius 3 is 2.45 bits per heavy atom. The van der Waals surface area contributed by atoms with Gasteiger partial charge in [0, 0.05) is 0 Å². The fourth-order valence-corrected chi connectivity index (χ4v) is 0.776. The van der Waals surface area contributed by atoms with E-state index in [-0.39, 0.29) is 13.0 Å². The zero-order valence-electron chi connectivity index (χ0n) is 4.96. The number of H-pyrrole nitrogens is 2. The first kappa shape index (κ1) is 7.46. The monoisotopic (exact) mass is 152 g/mol. The lowest BCUT2D eigenvalue weighted by molar-refractivity contribution is 1.15. The first-order valence-electron chi connectivity index (χ1n) is 2.75. The van der Waals surface area contributed by atoms with Crippen molar-refractivity contribution >= 4 is 11.2 Å². The van der Waals surface area contributed by atoms with Crippen LogP contribution in [-0.4, -0.2) is 19.9 Å². The first-order chi connectivity index (χ1) is 4.88. The SMILES string of the molecule is C.O=c1[nH]cnc2nc[nH]c12. The molecule has 0 amide bonds. The molecular weight excluding hydrogens is 144 g/mol. The summed E-state index contributed by atoms with van der Waals surface area (Å²) >= 11 is 0. The summed E-state index contributed by atoms with van der Waals surface area (Å²) in [5, 5.41) is 0. The Morgan fingerprint density at radius 1 is 1.18 bits per heavy atom. The van der Waals surface area contributed by atoms with Crippen LogP contribution >= 0.6 is 0 Å². The number of hydrogen-bond acceptors (Lipinski definition) is 3. The average Bonchev–Trinajstić information content (AvgIpc) is 2.36. The van der Waals surface area contributed by atoms with E-state index in [4.69, 9.17) is 0 Å². The van der Waals surface area contributed by atoms with Crippen LogP contribution in [0.15, 0.2) is 17.4 Å². The van der Waals surface area contributed by atoms with Crippen molar-refractivity contribution in [3.05, 3.63) is 23.0 Å². The Morgan fingerprint density at radius 2 is 1.82 bits per heavy atom. The van der Waals surface area contributed by atoms with Crippen molar-refractivity contribution < 1.29 is 0 Å². The van der Waals surface area contributed by atoms with E-state index in [9.17, 15) is 4.79 Å². The van der Waals surface area contributed by atoms with Crippen molar-refractivity contribution in [2.24, 2.45) is 0 Å². The predicted molar refractivity (Wildman–Crippen MR) is 41.2 cm³/mol. The van der Waals surface area contributed by atoms with Gasteiger partial charge in [-0.3, -0.25) is 4.79 Å². The van der Waals surface area contributed by atoms with Crippen LogP contribution in [0.25, 0.3) is 11.2 Å². The summed E-state index contributed by atoms with van der Waals surface area (Å²) in [7, 11) is 0. The van der Waals surface area contributed by atoms with Crippen molar-refractivity contribution in [3.63, 3.8) is 0 Å². The molecule has 0 aromatic carbocycles. The van der Waals surface area contributed by atoms with Gasteiger partial charge in [-0.2, -0.15) is 0 Å². The molecule has 0 saturated carbocycles. The Bertz CT molecular complexity index is 402. The molecule has 2 aromatic heterocycles. The number of aromatic nitrogens is 4. The molecule has 0 atom stereocenters. The zero-order chi connectivity index (χ0) is 6.97. The Hall–Kier alpha value is -1.65. The molecule has 0 bridgehead atoms. The van der Waals surface area contributed by atoms with Gasteiger partial charge in [0.1, 0.15) is 0 Å². The second-order valence-corrected chi connectivity index (χ2v) is 1.83. The summed E-state index contributed by atoms with van der Waals surface area (Å²) < 4.78 is 0. The number of nitrogens with one attached hydrogen (secondary N) is 2. The van der Waals surface area contributed by atoms with Gasteiger partial charge in [-0.05, 0) is 0 Å². The molecule has 0 spiro atoms. The summed E-state index contributed by atoms with van der Waals surface area (Å²) in [4.78, 5) is 23.6. The van der Waals surface area contributed by atoms with Crippen molar-refractivity contribution in [2.75, 3.05) is 0 Å². The smallest absolute Gasteiger partial charge is 0.276 e. The largest absolute Gasteiger partial charge is 0.339 e. The van der Waals surface area contributed by atoms with E-state index in [2.05, 4.69) is 19.9 Å². The van der Waals surface area contributed by atoms with E-state index < -0.39 is 0 Å². The van der Waals surface area contributed by atoms with Crippen molar-refractivity contribution in [2.45, 2.75) is 7.43 Å². The maximum atomic E-state index is 10.9. The summed E-state index contributed by atoms with van der Waals surface area (Å²) in [5.41, 5.74) is 0.675. The fourth-order valence-electron chi connectivity index (χ4n) is 0.776. The number of imidazole rings is 1. The lowest BCUT2D eigenvalue weighted by Crippen LogP contribution is -2.05. The van der Waals surface area contributed by atoms with Gasteiger partial charge < -0.3 is 9.97 Å². The van der Waals surface area contributed by atoms with Crippen molar-refractivity contribution in [1.82, 2.24) is 19.9 Å². The minimum Gasteiger partial charge on any atom is -0.339 e. The Balaban J connectivity index is 0.000000605. The molecule has 0 aliphatic carbocycles. The third-order valence-corrected chi connectivity index (χ3v) is 1.23. The topological polar surface area (TPSA) is 74.4 Å². The molecule has 2 rings (SSSR count). The average molecular weight is 152 g/mol. The zero-order valence-corrected chi connectivity index (χ0v) is 4.96. The second kappa shape index (κ2) is 2.53. The van der Waals surface area contributed by atoms with Crippen LogP contribution in [0.5, 0.6) is 0 Å². The number of hydrogen-bond donors (Lipinski definition) is 2. The van der Waals surface area contributed by atoms with Crippen LogP contribution in [-0.2, 0) is 0 Å². The molecule has 11 heavy (non-hydrogen) atoms. The Kier molecular flexibility index (Phi) is 1.72. The first-order valence-corrected chi connectivity index (χ1v) is 2.75. The minimum absolute atomic E-state index is 0. The highest BCUT2D eigenvalue weighted by atomic mass is 16.1. The third kappa shape index (κ3) is 1.000. The van der Waals surface area contributed by atoms with Gasteiger partial charge in [0.15, 0.2) is 11.2 Å². The molecule has 0 unspecified atom stereocenters. The van der Waals surface area contributed by atoms with E-state index >= 15 is 0 Å². The minimum atomic E-state index is -0.192. The van der Waals surface area contributed by atoms with Gasteiger partial charge in [-0.15, -0.1) is 0 Å². The summed E-state index contributed by atoms with van der Waals surface area (Å²) in [6, 6.07) is 0. The predicted octanol–water partition coefficient (Wildman–Crippen LogP) is 0.282. The van der Waals surface area contributed by atoms with Crippen LogP contribution < -0.4 is 5.56 Å². The maximum Gasteiger partial charge on any atom is 0.276 e. The molecule has 2 N–H and O–H groups in total. The van der Waals surface area contributed by atoms with E-state index in [0.717, 1.165) is 0 Å². The molecule has 5 nitrogen and oxygen atoms in total. The van der Waals surface area contributed by atoms with Gasteiger partial charge in [0.2, 0.25) is 0 Å². The molecule has 58 valence electrons. The van der Waals surface area contributed by atoms with E-state index in [1.807, 2.05) is 0 Å². The van der Waals surface area contributed by atoms with Gasteiger partial charge in [-0.25, -0.2) is 9.97 Å². The van der Waals surface area contributed by atoms with Crippen LogP contribution in [0.1, 0.15) is 7.43 Å². The van der Waals surface area contributed by atoms with E-state index in [0.29, 0.717) is 11.2 Å². The highest BCUT2D eigenvalue weighted by molar-refractivity contribution is 5.67. The third-order valence-electron chi connectivity index (χ3n) is 1.23. The summed E-state index contributed by atoms with van der Waals surface area (Å²) in [6.45, 7) is 0. The van der Waals surface area contributed by atoms with E-state index in [1.165, 1.54) is 12.7 Å². The highest BCUT2D eigenvalue weighted by Gasteiger charge is 1.97. The molecule has 2 heterocycles. The van der Waals surface area contributed by atoms with Gasteiger partial charge in [0.25, 0.3) is 5.56 Å². The highest BCUT2D eigenvalue weighted by Crippen LogP contribution is 1.94. The molecule has 5 heteroatoms. The van der Waals surface area contributed by atoms with Crippen LogP contribution in [0.3, 0.4) is 0 Å². The van der Waals surface area contributed by atoms with Crippen LogP contribution in [0.4, 0.5) is 0 Å². The fraction of sp³-hybridized carbons (Fsp3) is 0.167. The maximum absolute atomic E-state index is 10.9. The van der Waals surface area contributed by atoms with Gasteiger partial charge in [0.05, 0.1) is 12.7 Å². The summed E-state index contributed by atoms with van der Waals surface area (Å²) in [6.07, 6.45) is 2.76. The molecule has 0 saturated heterocycles.